The molecule has 4 heteroatoms. The fourth-order valence-corrected chi connectivity index (χ4v) is 2.78. The highest BCUT2D eigenvalue weighted by atomic mass is 16.5. The van der Waals surface area contributed by atoms with Crippen molar-refractivity contribution in [3.8, 4) is 5.75 Å². The minimum Gasteiger partial charge on any atom is -0.488 e. The maximum Gasteiger partial charge on any atom is 0.221 e. The number of ether oxygens (including phenoxy) is 1. The molecule has 0 fully saturated rings. The van der Waals surface area contributed by atoms with E-state index in [0.717, 1.165) is 16.8 Å². The van der Waals surface area contributed by atoms with Gasteiger partial charge in [-0.15, -0.1) is 0 Å². The third-order valence-corrected chi connectivity index (χ3v) is 4.16. The minimum atomic E-state index is -0.112. The van der Waals surface area contributed by atoms with Crippen LogP contribution < -0.4 is 10.1 Å². The average Bonchev–Trinajstić information content (AvgIpc) is 2.58. The average molecular weight is 335 g/mol. The van der Waals surface area contributed by atoms with Crippen molar-refractivity contribution in [3.05, 3.63) is 64.7 Å². The van der Waals surface area contributed by atoms with Gasteiger partial charge in [-0.05, 0) is 47.4 Å². The molecule has 1 amide bonds. The van der Waals surface area contributed by atoms with E-state index >= 15 is 0 Å². The number of Topliss-reactive ketones (excluding diaryl/α,β-unsaturated/α-hetero) is 1. The number of rotatable bonds is 3. The number of nitrogens with one attached hydrogen (secondary N) is 1. The zero-order chi connectivity index (χ0) is 18.0. The van der Waals surface area contributed by atoms with Crippen molar-refractivity contribution in [2.45, 2.75) is 26.7 Å². The molecule has 0 bridgehead atoms. The Morgan fingerprint density at radius 3 is 2.52 bits per heavy atom. The third-order valence-electron chi connectivity index (χ3n) is 4.16. The number of amides is 1. The number of hydrogen-bond acceptors (Lipinski definition) is 3. The first kappa shape index (κ1) is 17.0. The van der Waals surface area contributed by atoms with Crippen LogP contribution in [0.4, 0.5) is 5.69 Å². The molecule has 128 valence electrons. The van der Waals surface area contributed by atoms with Crippen LogP contribution in [0.2, 0.25) is 0 Å². The van der Waals surface area contributed by atoms with Crippen molar-refractivity contribution in [2.75, 3.05) is 11.9 Å². The first-order valence-electron chi connectivity index (χ1n) is 8.33. The van der Waals surface area contributed by atoms with Crippen LogP contribution in [0.15, 0.2) is 48.0 Å². The van der Waals surface area contributed by atoms with Crippen LogP contribution in [0, 0.1) is 0 Å². The third kappa shape index (κ3) is 3.79. The van der Waals surface area contributed by atoms with Gasteiger partial charge in [0.05, 0.1) is 5.56 Å². The van der Waals surface area contributed by atoms with Crippen LogP contribution in [0.5, 0.6) is 5.75 Å². The van der Waals surface area contributed by atoms with Gasteiger partial charge in [-0.25, -0.2) is 0 Å². The number of ketones is 1. The monoisotopic (exact) mass is 335 g/mol. The van der Waals surface area contributed by atoms with E-state index in [-0.39, 0.29) is 18.3 Å². The Balaban J connectivity index is 1.86. The molecular weight excluding hydrogens is 314 g/mol. The number of benzene rings is 2. The first-order valence-corrected chi connectivity index (χ1v) is 8.33. The van der Waals surface area contributed by atoms with Gasteiger partial charge >= 0.3 is 0 Å². The molecule has 0 saturated heterocycles. The SMILES string of the molecule is CC(=O)Nc1ccc(C=C2COc3ccc(C(C)C)cc3C2=O)cc1. The number of carbonyl (C=O) groups excluding carboxylic acids is 2. The summed E-state index contributed by atoms with van der Waals surface area (Å²) >= 11 is 0. The summed E-state index contributed by atoms with van der Waals surface area (Å²) in [5.41, 5.74) is 3.99. The van der Waals surface area contributed by atoms with Gasteiger partial charge in [0.25, 0.3) is 0 Å². The first-order chi connectivity index (χ1) is 11.9. The number of fused-ring (bicyclic) bond motifs is 1. The molecule has 1 aliphatic rings. The number of carbonyl (C=O) groups is 2. The smallest absolute Gasteiger partial charge is 0.221 e. The number of hydrogen-bond donors (Lipinski definition) is 1. The van der Waals surface area contributed by atoms with Gasteiger partial charge in [0.15, 0.2) is 5.78 Å². The molecule has 1 aliphatic heterocycles. The predicted molar refractivity (Wildman–Crippen MR) is 99.1 cm³/mol. The molecule has 25 heavy (non-hydrogen) atoms. The Hall–Kier alpha value is -2.88. The zero-order valence-corrected chi connectivity index (χ0v) is 14.6. The van der Waals surface area contributed by atoms with Gasteiger partial charge in [-0.3, -0.25) is 9.59 Å². The van der Waals surface area contributed by atoms with E-state index in [0.29, 0.717) is 22.8 Å². The Morgan fingerprint density at radius 1 is 1.16 bits per heavy atom. The van der Waals surface area contributed by atoms with Gasteiger partial charge in [0.1, 0.15) is 12.4 Å². The minimum absolute atomic E-state index is 0.00897. The molecule has 2 aromatic rings. The van der Waals surface area contributed by atoms with E-state index in [4.69, 9.17) is 4.74 Å². The van der Waals surface area contributed by atoms with Crippen molar-refractivity contribution in [3.63, 3.8) is 0 Å². The second kappa shape index (κ2) is 6.93. The highest BCUT2D eigenvalue weighted by Gasteiger charge is 2.24. The molecular formula is C21H21NO3. The van der Waals surface area contributed by atoms with E-state index < -0.39 is 0 Å². The van der Waals surface area contributed by atoms with Crippen molar-refractivity contribution in [2.24, 2.45) is 0 Å². The summed E-state index contributed by atoms with van der Waals surface area (Å²) in [5, 5.41) is 2.72. The molecule has 0 unspecified atom stereocenters. The van der Waals surface area contributed by atoms with Crippen molar-refractivity contribution >= 4 is 23.5 Å². The summed E-state index contributed by atoms with van der Waals surface area (Å²) in [7, 11) is 0. The highest BCUT2D eigenvalue weighted by molar-refractivity contribution is 6.14. The van der Waals surface area contributed by atoms with Crippen LogP contribution in [0.25, 0.3) is 6.08 Å². The van der Waals surface area contributed by atoms with E-state index in [1.54, 1.807) is 0 Å². The van der Waals surface area contributed by atoms with Gasteiger partial charge in [0, 0.05) is 18.2 Å². The summed E-state index contributed by atoms with van der Waals surface area (Å²) in [6, 6.07) is 13.2. The zero-order valence-electron chi connectivity index (χ0n) is 14.6. The maximum absolute atomic E-state index is 12.8. The summed E-state index contributed by atoms with van der Waals surface area (Å²) in [5.74, 6) is 0.899. The molecule has 0 aromatic heterocycles. The topological polar surface area (TPSA) is 55.4 Å². The van der Waals surface area contributed by atoms with Gasteiger partial charge in [-0.1, -0.05) is 32.0 Å². The summed E-state index contributed by atoms with van der Waals surface area (Å²) in [4.78, 5) is 23.9. The van der Waals surface area contributed by atoms with Crippen LogP contribution in [0.3, 0.4) is 0 Å². The molecule has 0 saturated carbocycles. The fraction of sp³-hybridized carbons (Fsp3) is 0.238. The van der Waals surface area contributed by atoms with Crippen molar-refractivity contribution in [1.82, 2.24) is 0 Å². The number of anilines is 1. The molecule has 0 aliphatic carbocycles. The lowest BCUT2D eigenvalue weighted by Crippen LogP contribution is -2.19. The largest absolute Gasteiger partial charge is 0.488 e. The Bertz CT molecular complexity index is 848. The highest BCUT2D eigenvalue weighted by Crippen LogP contribution is 2.31. The van der Waals surface area contributed by atoms with E-state index in [9.17, 15) is 9.59 Å². The fourth-order valence-electron chi connectivity index (χ4n) is 2.78. The molecule has 0 atom stereocenters. The second-order valence-electron chi connectivity index (χ2n) is 6.50. The lowest BCUT2D eigenvalue weighted by atomic mass is 9.93. The lowest BCUT2D eigenvalue weighted by Gasteiger charge is -2.20. The molecule has 3 rings (SSSR count). The predicted octanol–water partition coefficient (Wildman–Crippen LogP) is 4.43. The van der Waals surface area contributed by atoms with E-state index in [1.807, 2.05) is 48.5 Å². The summed E-state index contributed by atoms with van der Waals surface area (Å²) < 4.78 is 5.74. The molecule has 2 aromatic carbocycles. The summed E-state index contributed by atoms with van der Waals surface area (Å²) in [6.07, 6.45) is 1.84. The second-order valence-corrected chi connectivity index (χ2v) is 6.50. The Labute approximate surface area is 147 Å². The molecule has 1 N–H and O–H groups in total. The maximum atomic E-state index is 12.8. The van der Waals surface area contributed by atoms with E-state index in [2.05, 4.69) is 19.2 Å². The lowest BCUT2D eigenvalue weighted by molar-refractivity contribution is -0.114. The van der Waals surface area contributed by atoms with Gasteiger partial charge in [-0.2, -0.15) is 0 Å². The van der Waals surface area contributed by atoms with Gasteiger partial charge < -0.3 is 10.1 Å². The van der Waals surface area contributed by atoms with Crippen LogP contribution >= 0.6 is 0 Å². The van der Waals surface area contributed by atoms with Gasteiger partial charge in [0.2, 0.25) is 5.91 Å². The normalized spacial score (nSPS) is 15.0. The van der Waals surface area contributed by atoms with Crippen molar-refractivity contribution < 1.29 is 14.3 Å². The molecule has 0 spiro atoms. The van der Waals surface area contributed by atoms with E-state index in [1.165, 1.54) is 6.92 Å². The van der Waals surface area contributed by atoms with Crippen LogP contribution in [-0.2, 0) is 4.79 Å². The Kier molecular flexibility index (Phi) is 4.70. The molecule has 0 radical (unpaired) electrons. The van der Waals surface area contributed by atoms with Crippen LogP contribution in [0.1, 0.15) is 48.2 Å². The van der Waals surface area contributed by atoms with Crippen LogP contribution in [-0.4, -0.2) is 18.3 Å². The standard InChI is InChI=1S/C21H21NO3/c1-13(2)16-6-9-20-19(11-16)21(24)17(12-25-20)10-15-4-7-18(8-5-15)22-14(3)23/h4-11,13H,12H2,1-3H3,(H,22,23). The summed E-state index contributed by atoms with van der Waals surface area (Å²) in [6.45, 7) is 5.93. The molecule has 1 heterocycles. The van der Waals surface area contributed by atoms with Crippen molar-refractivity contribution in [1.29, 1.82) is 0 Å². The quantitative estimate of drug-likeness (QED) is 0.844. The Morgan fingerprint density at radius 2 is 1.88 bits per heavy atom. The molecule has 4 nitrogen and oxygen atoms in total.